The van der Waals surface area contributed by atoms with Crippen molar-refractivity contribution < 1.29 is 4.79 Å². The Balaban J connectivity index is 1.85. The summed E-state index contributed by atoms with van der Waals surface area (Å²) in [6.45, 7) is 7.71. The Morgan fingerprint density at radius 3 is 2.70 bits per heavy atom. The zero-order chi connectivity index (χ0) is 16.8. The molecule has 4 heteroatoms. The Morgan fingerprint density at radius 1 is 1.35 bits per heavy atom. The first-order chi connectivity index (χ1) is 11.0. The molecule has 0 aromatic heterocycles. The van der Waals surface area contributed by atoms with Crippen molar-refractivity contribution in [2.24, 2.45) is 17.6 Å². The van der Waals surface area contributed by atoms with Crippen molar-refractivity contribution in [3.63, 3.8) is 0 Å². The number of piperidine rings is 1. The largest absolute Gasteiger partial charge is 0.341 e. The molecule has 2 N–H and O–H groups in total. The standard InChI is InChI=1S/C19H31N3O/c1-15(2)18(20)19(23)22-11-7-10-17(14-22)13-21(3)12-16-8-5-4-6-9-16/h4-6,8-9,15,17-18H,7,10-14,20H2,1-3H3. The third-order valence-corrected chi connectivity index (χ3v) is 4.70. The second kappa shape index (κ2) is 8.46. The van der Waals surface area contributed by atoms with Crippen LogP contribution in [0.5, 0.6) is 0 Å². The second-order valence-electron chi connectivity index (χ2n) is 7.24. The van der Waals surface area contributed by atoms with Crippen molar-refractivity contribution in [2.45, 2.75) is 39.3 Å². The van der Waals surface area contributed by atoms with E-state index < -0.39 is 0 Å². The van der Waals surface area contributed by atoms with Crippen LogP contribution in [0.3, 0.4) is 0 Å². The van der Waals surface area contributed by atoms with Crippen LogP contribution in [0.2, 0.25) is 0 Å². The predicted octanol–water partition coefficient (Wildman–Crippen LogP) is 2.34. The lowest BCUT2D eigenvalue weighted by molar-refractivity contribution is -0.135. The first-order valence-electron chi connectivity index (χ1n) is 8.74. The van der Waals surface area contributed by atoms with Gasteiger partial charge in [-0.3, -0.25) is 4.79 Å². The Hall–Kier alpha value is -1.39. The topological polar surface area (TPSA) is 49.6 Å². The fourth-order valence-corrected chi connectivity index (χ4v) is 3.31. The highest BCUT2D eigenvalue weighted by Gasteiger charge is 2.28. The fraction of sp³-hybridized carbons (Fsp3) is 0.632. The minimum atomic E-state index is -0.365. The second-order valence-corrected chi connectivity index (χ2v) is 7.24. The minimum absolute atomic E-state index is 0.121. The van der Waals surface area contributed by atoms with Gasteiger partial charge in [-0.25, -0.2) is 0 Å². The molecule has 0 radical (unpaired) electrons. The molecule has 1 heterocycles. The van der Waals surface area contributed by atoms with Gasteiger partial charge in [-0.2, -0.15) is 0 Å². The summed E-state index contributed by atoms with van der Waals surface area (Å²) >= 11 is 0. The van der Waals surface area contributed by atoms with Crippen LogP contribution in [0, 0.1) is 11.8 Å². The molecule has 1 aromatic rings. The normalized spacial score (nSPS) is 20.1. The van der Waals surface area contributed by atoms with Crippen LogP contribution in [-0.4, -0.2) is 48.4 Å². The van der Waals surface area contributed by atoms with E-state index in [1.165, 1.54) is 12.0 Å². The summed E-state index contributed by atoms with van der Waals surface area (Å²) in [7, 11) is 2.16. The third kappa shape index (κ3) is 5.33. The molecule has 2 atom stereocenters. The summed E-state index contributed by atoms with van der Waals surface area (Å²) in [6.07, 6.45) is 2.28. The maximum Gasteiger partial charge on any atom is 0.239 e. The molecule has 0 bridgehead atoms. The first-order valence-corrected chi connectivity index (χ1v) is 8.74. The van der Waals surface area contributed by atoms with E-state index in [1.807, 2.05) is 24.8 Å². The van der Waals surface area contributed by atoms with E-state index >= 15 is 0 Å². The van der Waals surface area contributed by atoms with Gasteiger partial charge in [-0.15, -0.1) is 0 Å². The number of nitrogens with zero attached hydrogens (tertiary/aromatic N) is 2. The molecule has 1 aromatic carbocycles. The van der Waals surface area contributed by atoms with E-state index in [9.17, 15) is 4.79 Å². The Bertz CT molecular complexity index is 489. The summed E-state index contributed by atoms with van der Waals surface area (Å²) in [5.41, 5.74) is 7.37. The van der Waals surface area contributed by atoms with Gasteiger partial charge >= 0.3 is 0 Å². The van der Waals surface area contributed by atoms with Gasteiger partial charge in [-0.05, 0) is 37.3 Å². The van der Waals surface area contributed by atoms with Gasteiger partial charge in [0.05, 0.1) is 6.04 Å². The molecule has 1 saturated heterocycles. The van der Waals surface area contributed by atoms with Gasteiger partial charge in [0.1, 0.15) is 0 Å². The van der Waals surface area contributed by atoms with Gasteiger partial charge in [0, 0.05) is 26.2 Å². The molecule has 1 aliphatic heterocycles. The number of amides is 1. The summed E-state index contributed by atoms with van der Waals surface area (Å²) < 4.78 is 0. The number of nitrogens with two attached hydrogens (primary N) is 1. The maximum absolute atomic E-state index is 12.4. The van der Waals surface area contributed by atoms with Gasteiger partial charge in [0.2, 0.25) is 5.91 Å². The fourth-order valence-electron chi connectivity index (χ4n) is 3.31. The van der Waals surface area contributed by atoms with E-state index in [1.54, 1.807) is 0 Å². The van der Waals surface area contributed by atoms with Crippen LogP contribution in [0.4, 0.5) is 0 Å². The molecule has 1 fully saturated rings. The molecule has 2 rings (SSSR count). The molecule has 0 aliphatic carbocycles. The summed E-state index contributed by atoms with van der Waals surface area (Å²) in [5.74, 6) is 0.861. The number of benzene rings is 1. The average molecular weight is 317 g/mol. The minimum Gasteiger partial charge on any atom is -0.341 e. The van der Waals surface area contributed by atoms with Gasteiger partial charge in [-0.1, -0.05) is 44.2 Å². The molecule has 128 valence electrons. The lowest BCUT2D eigenvalue weighted by Gasteiger charge is -2.36. The van der Waals surface area contributed by atoms with Crippen molar-refractivity contribution in [1.29, 1.82) is 0 Å². The lowest BCUT2D eigenvalue weighted by Crippen LogP contribution is -2.51. The van der Waals surface area contributed by atoms with Crippen LogP contribution < -0.4 is 5.73 Å². The van der Waals surface area contributed by atoms with Crippen molar-refractivity contribution >= 4 is 5.91 Å². The van der Waals surface area contributed by atoms with Crippen molar-refractivity contribution in [1.82, 2.24) is 9.80 Å². The van der Waals surface area contributed by atoms with Gasteiger partial charge in [0.25, 0.3) is 0 Å². The Kier molecular flexibility index (Phi) is 6.60. The van der Waals surface area contributed by atoms with Gasteiger partial charge < -0.3 is 15.5 Å². The molecule has 4 nitrogen and oxygen atoms in total. The molecule has 1 aliphatic rings. The Morgan fingerprint density at radius 2 is 2.04 bits per heavy atom. The van der Waals surface area contributed by atoms with E-state index in [0.29, 0.717) is 5.92 Å². The molecule has 1 amide bonds. The highest BCUT2D eigenvalue weighted by molar-refractivity contribution is 5.82. The summed E-state index contributed by atoms with van der Waals surface area (Å²) in [4.78, 5) is 16.8. The number of hydrogen-bond acceptors (Lipinski definition) is 3. The molecule has 0 spiro atoms. The van der Waals surface area contributed by atoms with Crippen molar-refractivity contribution in [2.75, 3.05) is 26.7 Å². The molecular formula is C19H31N3O. The quantitative estimate of drug-likeness (QED) is 0.876. The van der Waals surface area contributed by atoms with Crippen LogP contribution in [0.15, 0.2) is 30.3 Å². The predicted molar refractivity (Wildman–Crippen MR) is 94.9 cm³/mol. The number of carbonyl (C=O) groups excluding carboxylic acids is 1. The molecule has 0 saturated carbocycles. The zero-order valence-corrected chi connectivity index (χ0v) is 14.7. The highest BCUT2D eigenvalue weighted by atomic mass is 16.2. The number of likely N-dealkylation sites (tertiary alicyclic amines) is 1. The van der Waals surface area contributed by atoms with E-state index in [2.05, 4.69) is 36.2 Å². The third-order valence-electron chi connectivity index (χ3n) is 4.70. The van der Waals surface area contributed by atoms with E-state index in [-0.39, 0.29) is 17.9 Å². The average Bonchev–Trinajstić information content (AvgIpc) is 2.54. The van der Waals surface area contributed by atoms with Crippen LogP contribution in [0.1, 0.15) is 32.3 Å². The monoisotopic (exact) mass is 317 g/mol. The van der Waals surface area contributed by atoms with Crippen LogP contribution in [0.25, 0.3) is 0 Å². The Labute approximate surface area is 140 Å². The zero-order valence-electron chi connectivity index (χ0n) is 14.7. The SMILES string of the molecule is CC(C)C(N)C(=O)N1CCCC(CN(C)Cc2ccccc2)C1. The number of hydrogen-bond donors (Lipinski definition) is 1. The van der Waals surface area contributed by atoms with E-state index in [0.717, 1.165) is 32.6 Å². The van der Waals surface area contributed by atoms with E-state index in [4.69, 9.17) is 5.73 Å². The summed E-state index contributed by atoms with van der Waals surface area (Å²) in [5, 5.41) is 0. The highest BCUT2D eigenvalue weighted by Crippen LogP contribution is 2.19. The van der Waals surface area contributed by atoms with Gasteiger partial charge in [0.15, 0.2) is 0 Å². The molecule has 23 heavy (non-hydrogen) atoms. The van der Waals surface area contributed by atoms with Crippen molar-refractivity contribution in [3.8, 4) is 0 Å². The van der Waals surface area contributed by atoms with Crippen LogP contribution >= 0.6 is 0 Å². The van der Waals surface area contributed by atoms with Crippen molar-refractivity contribution in [3.05, 3.63) is 35.9 Å². The molecular weight excluding hydrogens is 286 g/mol. The lowest BCUT2D eigenvalue weighted by atomic mass is 9.95. The van der Waals surface area contributed by atoms with Crippen LogP contribution in [-0.2, 0) is 11.3 Å². The smallest absolute Gasteiger partial charge is 0.239 e. The summed E-state index contributed by atoms with van der Waals surface area (Å²) in [6, 6.07) is 10.2. The molecule has 2 unspecified atom stereocenters. The first kappa shape index (κ1) is 18.0. The maximum atomic E-state index is 12.4. The number of rotatable bonds is 6. The number of carbonyl (C=O) groups is 1.